The zero-order chi connectivity index (χ0) is 25.9. The number of Topliss-reactive ketones (excluding diaryl/α,β-unsaturated/α-hetero) is 1. The van der Waals surface area contributed by atoms with Crippen molar-refractivity contribution in [3.63, 3.8) is 0 Å². The molecule has 2 unspecified atom stereocenters. The Morgan fingerprint density at radius 3 is 2.44 bits per heavy atom. The number of esters is 2. The predicted octanol–water partition coefficient (Wildman–Crippen LogP) is 4.88. The number of carbonyl (C=O) groups is 3. The third-order valence-corrected chi connectivity index (χ3v) is 8.65. The SMILES string of the molecule is CCCOC(=O)[C@H]1C(C(=O)OCC[Si](C)(C)C)C2CC(=O)[C@H]1c1cc(OCc3ccccn3)ccc12. The Kier molecular flexibility index (Phi) is 7.93. The van der Waals surface area contributed by atoms with Gasteiger partial charge in [0.25, 0.3) is 0 Å². The van der Waals surface area contributed by atoms with Crippen molar-refractivity contribution in [2.45, 2.75) is 63.9 Å². The van der Waals surface area contributed by atoms with Crippen LogP contribution in [0.2, 0.25) is 25.7 Å². The van der Waals surface area contributed by atoms with E-state index in [-0.39, 0.29) is 25.4 Å². The number of hydrogen-bond donors (Lipinski definition) is 0. The standard InChI is InChI=1S/C28H35NO6Si/c1-5-12-33-28(32)26-24-21-15-19(35-17-18-8-6-7-11-29-18)9-10-20(21)22(16-23(24)30)25(26)27(31)34-13-14-36(2,3)4/h6-11,15,22,24-26H,5,12-14,16-17H2,1-4H3/t22?,24-,25?,26-/m1/s1. The van der Waals surface area contributed by atoms with Crippen LogP contribution in [0.5, 0.6) is 5.75 Å². The van der Waals surface area contributed by atoms with Crippen molar-refractivity contribution in [1.29, 1.82) is 0 Å². The Morgan fingerprint density at radius 2 is 1.75 bits per heavy atom. The fourth-order valence-corrected chi connectivity index (χ4v) is 5.85. The van der Waals surface area contributed by atoms with E-state index in [1.54, 1.807) is 6.20 Å². The number of aromatic nitrogens is 1. The summed E-state index contributed by atoms with van der Waals surface area (Å²) in [5.74, 6) is -3.14. The first-order valence-electron chi connectivity index (χ1n) is 12.7. The van der Waals surface area contributed by atoms with E-state index in [1.807, 2.05) is 43.3 Å². The highest BCUT2D eigenvalue weighted by Crippen LogP contribution is 2.55. The molecule has 4 atom stereocenters. The van der Waals surface area contributed by atoms with Crippen molar-refractivity contribution in [1.82, 2.24) is 4.98 Å². The Hall–Kier alpha value is -3.00. The van der Waals surface area contributed by atoms with Gasteiger partial charge in [-0.2, -0.15) is 0 Å². The van der Waals surface area contributed by atoms with E-state index in [2.05, 4.69) is 24.6 Å². The summed E-state index contributed by atoms with van der Waals surface area (Å²) in [6.45, 7) is 9.44. The van der Waals surface area contributed by atoms with Crippen LogP contribution in [0.4, 0.5) is 0 Å². The van der Waals surface area contributed by atoms with Crippen LogP contribution in [0.25, 0.3) is 0 Å². The van der Waals surface area contributed by atoms with Crippen molar-refractivity contribution in [3.05, 3.63) is 59.4 Å². The molecular weight excluding hydrogens is 474 g/mol. The molecule has 0 saturated heterocycles. The highest BCUT2D eigenvalue weighted by Gasteiger charge is 2.57. The molecule has 1 aromatic heterocycles. The molecule has 8 heteroatoms. The van der Waals surface area contributed by atoms with Gasteiger partial charge in [0.05, 0.1) is 36.7 Å². The van der Waals surface area contributed by atoms with Crippen molar-refractivity contribution < 1.29 is 28.6 Å². The molecule has 36 heavy (non-hydrogen) atoms. The Labute approximate surface area is 213 Å². The van der Waals surface area contributed by atoms with Crippen LogP contribution in [0.3, 0.4) is 0 Å². The second-order valence-corrected chi connectivity index (χ2v) is 16.5. The minimum atomic E-state index is -1.40. The molecule has 2 aromatic rings. The van der Waals surface area contributed by atoms with E-state index >= 15 is 0 Å². The second-order valence-electron chi connectivity index (χ2n) is 10.9. The molecule has 2 bridgehead atoms. The van der Waals surface area contributed by atoms with Crippen LogP contribution in [-0.2, 0) is 30.5 Å². The van der Waals surface area contributed by atoms with Gasteiger partial charge in [-0.25, -0.2) is 0 Å². The van der Waals surface area contributed by atoms with E-state index < -0.39 is 43.7 Å². The van der Waals surface area contributed by atoms with Crippen LogP contribution >= 0.6 is 0 Å². The largest absolute Gasteiger partial charge is 0.487 e. The highest BCUT2D eigenvalue weighted by molar-refractivity contribution is 6.76. The third kappa shape index (κ3) is 5.69. The maximum atomic E-state index is 13.3. The minimum Gasteiger partial charge on any atom is -0.487 e. The first kappa shape index (κ1) is 26.1. The van der Waals surface area contributed by atoms with Gasteiger partial charge in [-0.05, 0) is 47.9 Å². The first-order chi connectivity index (χ1) is 17.2. The van der Waals surface area contributed by atoms with E-state index in [9.17, 15) is 14.4 Å². The number of carbonyl (C=O) groups excluding carboxylic acids is 3. The summed E-state index contributed by atoms with van der Waals surface area (Å²) in [6, 6.07) is 12.1. The molecule has 192 valence electrons. The average molecular weight is 510 g/mol. The van der Waals surface area contributed by atoms with Crippen LogP contribution in [0, 0.1) is 11.8 Å². The topological polar surface area (TPSA) is 91.8 Å². The van der Waals surface area contributed by atoms with Gasteiger partial charge in [-0.1, -0.05) is 38.7 Å². The normalized spacial score (nSPS) is 22.6. The molecule has 3 aliphatic carbocycles. The number of nitrogens with zero attached hydrogens (tertiary/aromatic N) is 1. The second kappa shape index (κ2) is 10.9. The van der Waals surface area contributed by atoms with Gasteiger partial charge in [0.2, 0.25) is 0 Å². The third-order valence-electron chi connectivity index (χ3n) is 6.94. The molecule has 5 rings (SSSR count). The molecule has 1 heterocycles. The summed E-state index contributed by atoms with van der Waals surface area (Å²) in [7, 11) is -1.40. The number of pyridine rings is 1. The number of ketones is 1. The number of hydrogen-bond acceptors (Lipinski definition) is 7. The maximum Gasteiger partial charge on any atom is 0.310 e. The van der Waals surface area contributed by atoms with Gasteiger partial charge in [-0.15, -0.1) is 0 Å². The molecule has 0 amide bonds. The average Bonchev–Trinajstić information content (AvgIpc) is 2.85. The fraction of sp³-hybridized carbons (Fsp3) is 0.500. The zero-order valence-electron chi connectivity index (χ0n) is 21.5. The Morgan fingerprint density at radius 1 is 1.00 bits per heavy atom. The van der Waals surface area contributed by atoms with Crippen molar-refractivity contribution in [2.24, 2.45) is 11.8 Å². The summed E-state index contributed by atoms with van der Waals surface area (Å²) in [5, 5.41) is 0. The van der Waals surface area contributed by atoms with E-state index in [1.165, 1.54) is 0 Å². The maximum absolute atomic E-state index is 13.3. The van der Waals surface area contributed by atoms with Crippen LogP contribution in [0.1, 0.15) is 48.4 Å². The quantitative estimate of drug-likeness (QED) is 0.333. The van der Waals surface area contributed by atoms with Gasteiger partial charge < -0.3 is 14.2 Å². The number of rotatable bonds is 10. The summed E-state index contributed by atoms with van der Waals surface area (Å²) < 4.78 is 17.1. The Balaban J connectivity index is 1.62. The van der Waals surface area contributed by atoms with Crippen molar-refractivity contribution in [2.75, 3.05) is 13.2 Å². The lowest BCUT2D eigenvalue weighted by molar-refractivity contribution is -0.167. The van der Waals surface area contributed by atoms with E-state index in [4.69, 9.17) is 14.2 Å². The lowest BCUT2D eigenvalue weighted by Gasteiger charge is -2.46. The molecular formula is C28H35NO6Si. The smallest absolute Gasteiger partial charge is 0.310 e. The molecule has 1 saturated carbocycles. The van der Waals surface area contributed by atoms with Crippen LogP contribution in [-0.4, -0.2) is 44.0 Å². The van der Waals surface area contributed by atoms with Crippen LogP contribution < -0.4 is 4.74 Å². The van der Waals surface area contributed by atoms with Gasteiger partial charge >= 0.3 is 11.9 Å². The minimum absolute atomic E-state index is 0.0426. The monoisotopic (exact) mass is 509 g/mol. The summed E-state index contributed by atoms with van der Waals surface area (Å²) in [4.78, 5) is 44.1. The number of fused-ring (bicyclic) bond motifs is 2. The molecule has 0 aliphatic heterocycles. The lowest BCUT2D eigenvalue weighted by Crippen LogP contribution is -2.50. The molecule has 1 fully saturated rings. The van der Waals surface area contributed by atoms with E-state index in [0.29, 0.717) is 18.8 Å². The molecule has 7 nitrogen and oxygen atoms in total. The van der Waals surface area contributed by atoms with Crippen molar-refractivity contribution >= 4 is 25.8 Å². The predicted molar refractivity (Wildman–Crippen MR) is 137 cm³/mol. The molecule has 3 aliphatic rings. The highest BCUT2D eigenvalue weighted by atomic mass is 28.3. The van der Waals surface area contributed by atoms with Crippen molar-refractivity contribution in [3.8, 4) is 5.75 Å². The summed E-state index contributed by atoms with van der Waals surface area (Å²) in [5.41, 5.74) is 2.45. The van der Waals surface area contributed by atoms with Gasteiger partial charge in [0, 0.05) is 26.6 Å². The molecule has 1 aromatic carbocycles. The van der Waals surface area contributed by atoms with Gasteiger partial charge in [-0.3, -0.25) is 19.4 Å². The Bertz CT molecular complexity index is 1110. The van der Waals surface area contributed by atoms with Gasteiger partial charge in [0.15, 0.2) is 0 Å². The van der Waals surface area contributed by atoms with E-state index in [0.717, 1.165) is 22.9 Å². The number of ether oxygens (including phenoxy) is 3. The summed E-state index contributed by atoms with van der Waals surface area (Å²) >= 11 is 0. The molecule has 0 radical (unpaired) electrons. The number of benzene rings is 1. The van der Waals surface area contributed by atoms with Crippen LogP contribution in [0.15, 0.2) is 42.6 Å². The zero-order valence-corrected chi connectivity index (χ0v) is 22.5. The first-order valence-corrected chi connectivity index (χ1v) is 16.4. The summed E-state index contributed by atoms with van der Waals surface area (Å²) in [6.07, 6.45) is 2.59. The fourth-order valence-electron chi connectivity index (χ4n) is 5.14. The van der Waals surface area contributed by atoms with Gasteiger partial charge in [0.1, 0.15) is 18.1 Å². The lowest BCUT2D eigenvalue weighted by atomic mass is 9.55. The molecule has 0 N–H and O–H groups in total. The molecule has 0 spiro atoms.